The van der Waals surface area contributed by atoms with Gasteiger partial charge in [-0.1, -0.05) is 15.9 Å². The van der Waals surface area contributed by atoms with Crippen molar-refractivity contribution in [3.05, 3.63) is 52.1 Å². The van der Waals surface area contributed by atoms with Crippen molar-refractivity contribution in [2.24, 2.45) is 0 Å². The van der Waals surface area contributed by atoms with Gasteiger partial charge in [-0.2, -0.15) is 0 Å². The van der Waals surface area contributed by atoms with Crippen LogP contribution < -0.4 is 4.74 Å². The van der Waals surface area contributed by atoms with Crippen molar-refractivity contribution in [2.75, 3.05) is 11.9 Å². The highest BCUT2D eigenvalue weighted by atomic mass is 79.9. The summed E-state index contributed by atoms with van der Waals surface area (Å²) in [4.78, 5) is 25.3. The summed E-state index contributed by atoms with van der Waals surface area (Å²) < 4.78 is 5.40. The molecule has 0 unspecified atom stereocenters. The van der Waals surface area contributed by atoms with Crippen LogP contribution >= 0.6 is 15.9 Å². The number of rotatable bonds is 3. The molecule has 0 radical (unpaired) electrons. The van der Waals surface area contributed by atoms with Crippen LogP contribution in [-0.4, -0.2) is 33.7 Å². The zero-order chi connectivity index (χ0) is 16.7. The predicted octanol–water partition coefficient (Wildman–Crippen LogP) is 2.96. The Bertz CT molecular complexity index is 841. The van der Waals surface area contributed by atoms with Crippen molar-refractivity contribution < 1.29 is 24.5 Å². The molecule has 2 aromatic rings. The summed E-state index contributed by atoms with van der Waals surface area (Å²) in [5.74, 6) is -1.29. The number of ketones is 2. The Morgan fingerprint density at radius 1 is 0.957 bits per heavy atom. The number of phenols is 2. The molecule has 0 aliphatic heterocycles. The molecule has 118 valence electrons. The van der Waals surface area contributed by atoms with E-state index >= 15 is 0 Å². The molecular formula is C17H13BrO5. The number of fused-ring (bicyclic) bond motifs is 2. The summed E-state index contributed by atoms with van der Waals surface area (Å²) in [5.41, 5.74) is 0.709. The van der Waals surface area contributed by atoms with Crippen molar-refractivity contribution in [3.63, 3.8) is 0 Å². The minimum atomic E-state index is -0.573. The number of halogens is 1. The van der Waals surface area contributed by atoms with Gasteiger partial charge in [0, 0.05) is 22.5 Å². The van der Waals surface area contributed by atoms with E-state index in [1.165, 1.54) is 18.2 Å². The molecule has 23 heavy (non-hydrogen) atoms. The largest absolute Gasteiger partial charge is 0.507 e. The van der Waals surface area contributed by atoms with Gasteiger partial charge in [-0.05, 0) is 30.7 Å². The highest BCUT2D eigenvalue weighted by Crippen LogP contribution is 2.39. The first-order chi connectivity index (χ1) is 10.9. The number of phenolic OH excluding ortho intramolecular Hbond substituents is 2. The summed E-state index contributed by atoms with van der Waals surface area (Å²) in [6.45, 7) is 2.08. The second-order valence-electron chi connectivity index (χ2n) is 5.27. The molecule has 0 amide bonds. The van der Waals surface area contributed by atoms with Crippen LogP contribution in [0.5, 0.6) is 17.2 Å². The number of aromatic hydroxyl groups is 2. The monoisotopic (exact) mass is 376 g/mol. The summed E-state index contributed by atoms with van der Waals surface area (Å²) in [6.07, 6.45) is 0. The number of alkyl halides is 1. The summed E-state index contributed by atoms with van der Waals surface area (Å²) in [7, 11) is 0. The fraction of sp³-hybridized carbons (Fsp3) is 0.176. The Morgan fingerprint density at radius 2 is 1.57 bits per heavy atom. The molecule has 5 nitrogen and oxygen atoms in total. The number of benzene rings is 2. The van der Waals surface area contributed by atoms with E-state index < -0.39 is 11.6 Å². The molecule has 0 bridgehead atoms. The number of ether oxygens (including phenoxy) is 1. The van der Waals surface area contributed by atoms with Crippen LogP contribution in [-0.2, 0) is 0 Å². The van der Waals surface area contributed by atoms with E-state index in [1.54, 1.807) is 13.0 Å². The molecule has 3 rings (SSSR count). The predicted molar refractivity (Wildman–Crippen MR) is 87.1 cm³/mol. The van der Waals surface area contributed by atoms with Gasteiger partial charge >= 0.3 is 0 Å². The van der Waals surface area contributed by atoms with E-state index in [1.807, 2.05) is 0 Å². The number of hydrogen-bond donors (Lipinski definition) is 2. The van der Waals surface area contributed by atoms with Gasteiger partial charge in [-0.25, -0.2) is 0 Å². The molecule has 6 heteroatoms. The van der Waals surface area contributed by atoms with Gasteiger partial charge in [0.15, 0.2) is 5.78 Å². The number of carbonyl (C=O) groups is 2. The Kier molecular flexibility index (Phi) is 3.85. The molecule has 0 saturated heterocycles. The van der Waals surface area contributed by atoms with Gasteiger partial charge < -0.3 is 14.9 Å². The lowest BCUT2D eigenvalue weighted by atomic mass is 9.82. The van der Waals surface area contributed by atoms with Crippen LogP contribution in [0.25, 0.3) is 0 Å². The maximum Gasteiger partial charge on any atom is 0.201 e. The third kappa shape index (κ3) is 2.49. The molecule has 0 atom stereocenters. The zero-order valence-corrected chi connectivity index (χ0v) is 13.8. The van der Waals surface area contributed by atoms with Crippen LogP contribution in [0.2, 0.25) is 0 Å². The van der Waals surface area contributed by atoms with Crippen molar-refractivity contribution >= 4 is 27.5 Å². The first-order valence-electron chi connectivity index (χ1n) is 6.92. The SMILES string of the molecule is Cc1cc(O)c2c(c1)C(=O)c1cc(OCCBr)cc(O)c1C2=O. The molecule has 0 saturated carbocycles. The molecule has 0 fully saturated rings. The van der Waals surface area contributed by atoms with E-state index in [9.17, 15) is 19.8 Å². The Balaban J connectivity index is 2.21. The van der Waals surface area contributed by atoms with Crippen LogP contribution in [0.1, 0.15) is 37.4 Å². The smallest absolute Gasteiger partial charge is 0.201 e. The molecule has 0 aromatic heterocycles. The second-order valence-corrected chi connectivity index (χ2v) is 6.06. The van der Waals surface area contributed by atoms with Crippen molar-refractivity contribution in [2.45, 2.75) is 6.92 Å². The lowest BCUT2D eigenvalue weighted by Gasteiger charge is -2.20. The molecule has 0 heterocycles. The van der Waals surface area contributed by atoms with E-state index in [-0.39, 0.29) is 33.8 Å². The first kappa shape index (κ1) is 15.6. The second kappa shape index (κ2) is 5.70. The Morgan fingerprint density at radius 3 is 2.22 bits per heavy atom. The topological polar surface area (TPSA) is 83.8 Å². The van der Waals surface area contributed by atoms with E-state index in [0.29, 0.717) is 23.2 Å². The van der Waals surface area contributed by atoms with Gasteiger partial charge in [0.2, 0.25) is 5.78 Å². The highest BCUT2D eigenvalue weighted by molar-refractivity contribution is 9.09. The molecule has 2 aromatic carbocycles. The van der Waals surface area contributed by atoms with Gasteiger partial charge in [0.25, 0.3) is 0 Å². The molecule has 2 N–H and O–H groups in total. The van der Waals surface area contributed by atoms with Gasteiger partial charge in [-0.15, -0.1) is 0 Å². The van der Waals surface area contributed by atoms with Gasteiger partial charge in [-0.3, -0.25) is 9.59 Å². The third-order valence-corrected chi connectivity index (χ3v) is 3.97. The summed E-state index contributed by atoms with van der Waals surface area (Å²) in [5, 5.41) is 20.8. The minimum absolute atomic E-state index is 0.0717. The highest BCUT2D eigenvalue weighted by Gasteiger charge is 2.35. The maximum atomic E-state index is 12.7. The Hall–Kier alpha value is -2.34. The third-order valence-electron chi connectivity index (χ3n) is 3.64. The molecule has 0 spiro atoms. The Labute approximate surface area is 140 Å². The van der Waals surface area contributed by atoms with E-state index in [0.717, 1.165) is 0 Å². The number of carbonyl (C=O) groups excluding carboxylic acids is 2. The van der Waals surface area contributed by atoms with Crippen LogP contribution in [0.15, 0.2) is 24.3 Å². The summed E-state index contributed by atoms with van der Waals surface area (Å²) >= 11 is 3.22. The van der Waals surface area contributed by atoms with Crippen LogP contribution in [0, 0.1) is 6.92 Å². The quantitative estimate of drug-likeness (QED) is 0.686. The maximum absolute atomic E-state index is 12.7. The first-order valence-corrected chi connectivity index (χ1v) is 8.05. The van der Waals surface area contributed by atoms with Crippen LogP contribution in [0.4, 0.5) is 0 Å². The zero-order valence-electron chi connectivity index (χ0n) is 12.2. The fourth-order valence-corrected chi connectivity index (χ4v) is 2.88. The fourth-order valence-electron chi connectivity index (χ4n) is 2.71. The van der Waals surface area contributed by atoms with Crippen molar-refractivity contribution in [1.29, 1.82) is 0 Å². The lowest BCUT2D eigenvalue weighted by Crippen LogP contribution is -2.21. The molecular weight excluding hydrogens is 364 g/mol. The van der Waals surface area contributed by atoms with Crippen molar-refractivity contribution in [3.8, 4) is 17.2 Å². The average molecular weight is 377 g/mol. The van der Waals surface area contributed by atoms with E-state index in [2.05, 4.69) is 15.9 Å². The minimum Gasteiger partial charge on any atom is -0.507 e. The van der Waals surface area contributed by atoms with Crippen molar-refractivity contribution in [1.82, 2.24) is 0 Å². The van der Waals surface area contributed by atoms with E-state index in [4.69, 9.17) is 4.74 Å². The molecule has 1 aliphatic carbocycles. The standard InChI is InChI=1S/C17H13BrO5/c1-8-4-10-14(12(19)5-8)17(22)15-11(16(10)21)6-9(7-13(15)20)23-3-2-18/h4-7,19-20H,2-3H2,1H3. The average Bonchev–Trinajstić information content (AvgIpc) is 2.49. The summed E-state index contributed by atoms with van der Waals surface area (Å²) in [6, 6.07) is 5.71. The lowest BCUT2D eigenvalue weighted by molar-refractivity contribution is 0.0973. The number of aryl methyl sites for hydroxylation is 1. The van der Waals surface area contributed by atoms with Crippen LogP contribution in [0.3, 0.4) is 0 Å². The normalized spacial score (nSPS) is 12.8. The van der Waals surface area contributed by atoms with Gasteiger partial charge in [0.1, 0.15) is 17.2 Å². The van der Waals surface area contributed by atoms with Gasteiger partial charge in [0.05, 0.1) is 17.7 Å². The number of hydrogen-bond acceptors (Lipinski definition) is 5. The molecule has 1 aliphatic rings.